The summed E-state index contributed by atoms with van der Waals surface area (Å²) >= 11 is 3.03. The summed E-state index contributed by atoms with van der Waals surface area (Å²) in [6.07, 6.45) is 2.20. The fourth-order valence-corrected chi connectivity index (χ4v) is 5.03. The maximum Gasteiger partial charge on any atom is 0.329 e. The molecule has 0 aliphatic heterocycles. The van der Waals surface area contributed by atoms with Crippen LogP contribution in [0.5, 0.6) is 17.2 Å². The second kappa shape index (κ2) is 15.7. The highest BCUT2D eigenvalue weighted by Gasteiger charge is 2.25. The quantitative estimate of drug-likeness (QED) is 0.256. The van der Waals surface area contributed by atoms with Crippen LogP contribution in [0.1, 0.15) is 16.8 Å². The van der Waals surface area contributed by atoms with Crippen LogP contribution in [0.4, 0.5) is 5.69 Å². The number of hydrogen-bond donors (Lipinski definition) is 2. The number of esters is 1. The Balaban J connectivity index is 1.65. The number of rotatable bonds is 14. The van der Waals surface area contributed by atoms with Crippen LogP contribution in [0.15, 0.2) is 76.5 Å². The van der Waals surface area contributed by atoms with Gasteiger partial charge in [-0.3, -0.25) is 9.59 Å². The van der Waals surface area contributed by atoms with Crippen molar-refractivity contribution in [3.63, 3.8) is 0 Å². The predicted molar refractivity (Wildman–Crippen MR) is 157 cm³/mol. The summed E-state index contributed by atoms with van der Waals surface area (Å²) < 4.78 is 21.2. The first-order chi connectivity index (χ1) is 19.4. The van der Waals surface area contributed by atoms with E-state index in [9.17, 15) is 14.4 Å². The Morgan fingerprint density at radius 3 is 2.15 bits per heavy atom. The lowest BCUT2D eigenvalue weighted by Crippen LogP contribution is -2.43. The molecule has 3 aromatic rings. The molecule has 3 aromatic carbocycles. The van der Waals surface area contributed by atoms with Gasteiger partial charge in [-0.05, 0) is 54.8 Å². The van der Waals surface area contributed by atoms with Crippen molar-refractivity contribution >= 4 is 47.0 Å². The molecule has 0 unspecified atom stereocenters. The van der Waals surface area contributed by atoms with Crippen LogP contribution in [0.25, 0.3) is 0 Å². The first-order valence-electron chi connectivity index (χ1n) is 12.3. The van der Waals surface area contributed by atoms with Gasteiger partial charge in [-0.15, -0.1) is 0 Å². The number of carbonyl (C=O) groups is 3. The summed E-state index contributed by atoms with van der Waals surface area (Å²) in [5, 5.41) is 5.51. The number of anilines is 1. The highest BCUT2D eigenvalue weighted by Crippen LogP contribution is 2.38. The van der Waals surface area contributed by atoms with Gasteiger partial charge < -0.3 is 29.6 Å². The van der Waals surface area contributed by atoms with Crippen molar-refractivity contribution in [1.29, 1.82) is 0 Å². The van der Waals surface area contributed by atoms with Crippen LogP contribution >= 0.6 is 23.5 Å². The molecule has 0 heterocycles. The third-order valence-corrected chi connectivity index (χ3v) is 7.33. The van der Waals surface area contributed by atoms with Crippen molar-refractivity contribution in [2.45, 2.75) is 22.3 Å². The van der Waals surface area contributed by atoms with Crippen LogP contribution < -0.4 is 24.8 Å². The third kappa shape index (κ3) is 8.59. The van der Waals surface area contributed by atoms with Gasteiger partial charge in [0.15, 0.2) is 18.1 Å². The van der Waals surface area contributed by atoms with Gasteiger partial charge in [0.1, 0.15) is 6.04 Å². The van der Waals surface area contributed by atoms with Gasteiger partial charge in [0.25, 0.3) is 11.8 Å². The average molecular weight is 585 g/mol. The number of methoxy groups -OCH3 is 3. The summed E-state index contributed by atoms with van der Waals surface area (Å²) in [5.41, 5.74) is 0.814. The van der Waals surface area contributed by atoms with Crippen molar-refractivity contribution in [3.05, 3.63) is 72.3 Å². The molecule has 11 heteroatoms. The van der Waals surface area contributed by atoms with E-state index < -0.39 is 30.4 Å². The summed E-state index contributed by atoms with van der Waals surface area (Å²) in [6.45, 7) is -0.501. The zero-order valence-corrected chi connectivity index (χ0v) is 24.4. The first-order valence-corrected chi connectivity index (χ1v) is 14.5. The molecule has 9 nitrogen and oxygen atoms in total. The number of carbonyl (C=O) groups excluding carboxylic acids is 3. The summed E-state index contributed by atoms with van der Waals surface area (Å²) in [4.78, 5) is 40.5. The lowest BCUT2D eigenvalue weighted by Gasteiger charge is -2.19. The van der Waals surface area contributed by atoms with E-state index in [2.05, 4.69) is 10.6 Å². The Bertz CT molecular complexity index is 1280. The number of para-hydroxylation sites is 1. The fraction of sp³-hybridized carbons (Fsp3) is 0.276. The van der Waals surface area contributed by atoms with Gasteiger partial charge in [-0.2, -0.15) is 11.8 Å². The smallest absolute Gasteiger partial charge is 0.329 e. The molecular formula is C29H32N2O7S2. The molecule has 3 rings (SSSR count). The number of benzene rings is 3. The molecule has 0 saturated carbocycles. The molecule has 2 N–H and O–H groups in total. The van der Waals surface area contributed by atoms with Crippen molar-refractivity contribution in [1.82, 2.24) is 5.32 Å². The molecule has 40 heavy (non-hydrogen) atoms. The second-order valence-electron chi connectivity index (χ2n) is 8.29. The Morgan fingerprint density at radius 2 is 1.52 bits per heavy atom. The Kier molecular flexibility index (Phi) is 12.0. The van der Waals surface area contributed by atoms with Gasteiger partial charge >= 0.3 is 5.97 Å². The van der Waals surface area contributed by atoms with E-state index in [1.165, 1.54) is 57.0 Å². The summed E-state index contributed by atoms with van der Waals surface area (Å²) in [6, 6.07) is 19.2. The van der Waals surface area contributed by atoms with Gasteiger partial charge in [-0.1, -0.05) is 42.1 Å². The van der Waals surface area contributed by atoms with Crippen molar-refractivity contribution in [2.75, 3.05) is 45.3 Å². The molecular weight excluding hydrogens is 552 g/mol. The number of thioether (sulfide) groups is 1. The fourth-order valence-electron chi connectivity index (χ4n) is 3.64. The zero-order valence-electron chi connectivity index (χ0n) is 22.7. The van der Waals surface area contributed by atoms with E-state index in [-0.39, 0.29) is 5.56 Å². The van der Waals surface area contributed by atoms with Gasteiger partial charge in [-0.25, -0.2) is 4.79 Å². The zero-order chi connectivity index (χ0) is 28.9. The lowest BCUT2D eigenvalue weighted by molar-refractivity contribution is -0.149. The topological polar surface area (TPSA) is 112 Å². The van der Waals surface area contributed by atoms with Crippen molar-refractivity contribution in [2.24, 2.45) is 0 Å². The Labute approximate surface area is 242 Å². The molecule has 0 saturated heterocycles. The average Bonchev–Trinajstić information content (AvgIpc) is 2.98. The van der Waals surface area contributed by atoms with E-state index in [0.717, 1.165) is 9.79 Å². The third-order valence-electron chi connectivity index (χ3n) is 5.61. The molecule has 0 aliphatic carbocycles. The maximum atomic E-state index is 13.1. The first kappa shape index (κ1) is 30.7. The minimum Gasteiger partial charge on any atom is -0.493 e. The number of hydrogen-bond acceptors (Lipinski definition) is 9. The Morgan fingerprint density at radius 1 is 0.875 bits per heavy atom. The molecule has 0 bridgehead atoms. The summed E-state index contributed by atoms with van der Waals surface area (Å²) in [7, 11) is 4.36. The van der Waals surface area contributed by atoms with Crippen molar-refractivity contribution < 1.29 is 33.3 Å². The molecule has 1 atom stereocenters. The predicted octanol–water partition coefficient (Wildman–Crippen LogP) is 4.90. The minimum atomic E-state index is -0.965. The molecule has 212 valence electrons. The Hall–Kier alpha value is -3.83. The van der Waals surface area contributed by atoms with Crippen LogP contribution in [-0.2, 0) is 14.3 Å². The van der Waals surface area contributed by atoms with Crippen LogP contribution in [0, 0.1) is 0 Å². The standard InChI is InChI=1S/C29H32N2O7S2/c1-35-23-16-19(17-24(36-2)27(23)37-3)28(33)31-22(14-15-39-4)29(34)38-18-26(32)30-21-12-8-9-13-25(21)40-20-10-6-5-7-11-20/h5-13,16-17,22H,14-15,18H2,1-4H3,(H,30,32)(H,31,33)/t22-/m1/s1. The minimum absolute atomic E-state index is 0.210. The van der Waals surface area contributed by atoms with Gasteiger partial charge in [0.05, 0.1) is 27.0 Å². The lowest BCUT2D eigenvalue weighted by atomic mass is 10.1. The van der Waals surface area contributed by atoms with E-state index in [1.807, 2.05) is 54.8 Å². The SMILES string of the molecule is COc1cc(C(=O)N[C@H](CCSC)C(=O)OCC(=O)Nc2ccccc2Sc2ccccc2)cc(OC)c1OC. The van der Waals surface area contributed by atoms with Crippen LogP contribution in [0.2, 0.25) is 0 Å². The molecule has 0 radical (unpaired) electrons. The number of amides is 2. The summed E-state index contributed by atoms with van der Waals surface area (Å²) in [5.74, 6) is -0.194. The maximum absolute atomic E-state index is 13.1. The molecule has 0 spiro atoms. The highest BCUT2D eigenvalue weighted by atomic mass is 32.2. The molecule has 0 aromatic heterocycles. The largest absolute Gasteiger partial charge is 0.493 e. The molecule has 0 fully saturated rings. The van der Waals surface area contributed by atoms with Crippen molar-refractivity contribution in [3.8, 4) is 17.2 Å². The number of nitrogens with one attached hydrogen (secondary N) is 2. The van der Waals surface area contributed by atoms with Crippen LogP contribution in [-0.4, -0.2) is 63.8 Å². The van der Waals surface area contributed by atoms with Gasteiger partial charge in [0.2, 0.25) is 5.75 Å². The highest BCUT2D eigenvalue weighted by molar-refractivity contribution is 7.99. The second-order valence-corrected chi connectivity index (χ2v) is 10.4. The molecule has 0 aliphatic rings. The van der Waals surface area contributed by atoms with Gasteiger partial charge in [0, 0.05) is 15.4 Å². The van der Waals surface area contributed by atoms with E-state index in [0.29, 0.717) is 35.1 Å². The number of ether oxygens (including phenoxy) is 4. The van der Waals surface area contributed by atoms with E-state index in [4.69, 9.17) is 18.9 Å². The van der Waals surface area contributed by atoms with E-state index in [1.54, 1.807) is 6.07 Å². The monoisotopic (exact) mass is 584 g/mol. The van der Waals surface area contributed by atoms with E-state index >= 15 is 0 Å². The molecule has 2 amide bonds. The van der Waals surface area contributed by atoms with Crippen LogP contribution in [0.3, 0.4) is 0 Å². The normalized spacial score (nSPS) is 11.2.